The van der Waals surface area contributed by atoms with Gasteiger partial charge in [-0.15, -0.1) is 0 Å². The Balaban J connectivity index is 2.08. The zero-order valence-corrected chi connectivity index (χ0v) is 11.2. The lowest BCUT2D eigenvalue weighted by Gasteiger charge is -2.05. The van der Waals surface area contributed by atoms with Gasteiger partial charge in [0.15, 0.2) is 0 Å². The van der Waals surface area contributed by atoms with Crippen LogP contribution >= 0.6 is 0 Å². The fourth-order valence-electron chi connectivity index (χ4n) is 2.23. The molecule has 100 valence electrons. The summed E-state index contributed by atoms with van der Waals surface area (Å²) in [5, 5.41) is 20.3. The molecule has 0 fully saturated rings. The molecule has 0 spiro atoms. The van der Waals surface area contributed by atoms with E-state index in [0.29, 0.717) is 0 Å². The van der Waals surface area contributed by atoms with Crippen molar-refractivity contribution in [3.8, 4) is 22.5 Å². The summed E-state index contributed by atoms with van der Waals surface area (Å²) < 4.78 is 0. The van der Waals surface area contributed by atoms with Gasteiger partial charge >= 0.3 is 0 Å². The SMILES string of the molecule is Cc1ccccc1-c1n[nH]nc1-c1ccc(CO)cc1. The third-order valence-corrected chi connectivity index (χ3v) is 3.36. The van der Waals surface area contributed by atoms with Crippen LogP contribution in [0.25, 0.3) is 22.5 Å². The lowest BCUT2D eigenvalue weighted by atomic mass is 10.0. The molecule has 20 heavy (non-hydrogen) atoms. The number of aliphatic hydroxyl groups is 1. The second-order valence-corrected chi connectivity index (χ2v) is 4.69. The lowest BCUT2D eigenvalue weighted by molar-refractivity contribution is 0.282. The Labute approximate surface area is 117 Å². The molecular weight excluding hydrogens is 250 g/mol. The predicted molar refractivity (Wildman–Crippen MR) is 77.9 cm³/mol. The monoisotopic (exact) mass is 265 g/mol. The van der Waals surface area contributed by atoms with Crippen LogP contribution in [0.15, 0.2) is 48.5 Å². The molecule has 0 saturated heterocycles. The molecule has 3 rings (SSSR count). The van der Waals surface area contributed by atoms with Crippen molar-refractivity contribution < 1.29 is 5.11 Å². The third kappa shape index (κ3) is 2.21. The number of aromatic amines is 1. The molecule has 0 aliphatic heterocycles. The predicted octanol–water partition coefficient (Wildman–Crippen LogP) is 2.94. The van der Waals surface area contributed by atoms with Gasteiger partial charge in [0.2, 0.25) is 0 Å². The van der Waals surface area contributed by atoms with Crippen LogP contribution in [0.3, 0.4) is 0 Å². The molecule has 0 radical (unpaired) electrons. The second-order valence-electron chi connectivity index (χ2n) is 4.69. The van der Waals surface area contributed by atoms with Crippen LogP contribution in [-0.4, -0.2) is 20.5 Å². The molecule has 0 unspecified atom stereocenters. The molecule has 4 heteroatoms. The van der Waals surface area contributed by atoms with Gasteiger partial charge in [0.1, 0.15) is 11.4 Å². The van der Waals surface area contributed by atoms with Crippen LogP contribution in [0.2, 0.25) is 0 Å². The van der Waals surface area contributed by atoms with E-state index >= 15 is 0 Å². The molecule has 0 amide bonds. The van der Waals surface area contributed by atoms with Crippen molar-refractivity contribution in [3.63, 3.8) is 0 Å². The van der Waals surface area contributed by atoms with Crippen molar-refractivity contribution in [2.45, 2.75) is 13.5 Å². The average Bonchev–Trinajstić information content (AvgIpc) is 2.97. The van der Waals surface area contributed by atoms with Gasteiger partial charge in [0.05, 0.1) is 6.61 Å². The highest BCUT2D eigenvalue weighted by atomic mass is 16.3. The maximum atomic E-state index is 9.09. The van der Waals surface area contributed by atoms with Crippen LogP contribution in [0.1, 0.15) is 11.1 Å². The summed E-state index contributed by atoms with van der Waals surface area (Å²) in [6.45, 7) is 2.10. The van der Waals surface area contributed by atoms with Crippen molar-refractivity contribution in [2.75, 3.05) is 0 Å². The van der Waals surface area contributed by atoms with Crippen LogP contribution in [0, 0.1) is 6.92 Å². The summed E-state index contributed by atoms with van der Waals surface area (Å²) >= 11 is 0. The first kappa shape index (κ1) is 12.6. The second kappa shape index (κ2) is 5.27. The van der Waals surface area contributed by atoms with Crippen LogP contribution in [-0.2, 0) is 6.61 Å². The molecule has 0 atom stereocenters. The maximum Gasteiger partial charge on any atom is 0.121 e. The van der Waals surface area contributed by atoms with E-state index in [-0.39, 0.29) is 6.61 Å². The number of nitrogens with one attached hydrogen (secondary N) is 1. The number of nitrogens with zero attached hydrogens (tertiary/aromatic N) is 2. The van der Waals surface area contributed by atoms with Crippen LogP contribution < -0.4 is 0 Å². The van der Waals surface area contributed by atoms with Gasteiger partial charge in [-0.1, -0.05) is 48.5 Å². The average molecular weight is 265 g/mol. The standard InChI is InChI=1S/C16H15N3O/c1-11-4-2-3-5-14(11)16-15(17-19-18-16)13-8-6-12(10-20)7-9-13/h2-9,20H,10H2,1H3,(H,17,18,19). The summed E-state index contributed by atoms with van der Waals surface area (Å²) in [4.78, 5) is 0. The number of hydrogen-bond donors (Lipinski definition) is 2. The van der Waals surface area contributed by atoms with Crippen molar-refractivity contribution in [1.29, 1.82) is 0 Å². The number of H-pyrrole nitrogens is 1. The van der Waals surface area contributed by atoms with E-state index in [1.165, 1.54) is 0 Å². The summed E-state index contributed by atoms with van der Waals surface area (Å²) in [6.07, 6.45) is 0. The molecule has 4 nitrogen and oxygen atoms in total. The Kier molecular flexibility index (Phi) is 3.31. The van der Waals surface area contributed by atoms with Gasteiger partial charge in [-0.05, 0) is 18.1 Å². The zero-order valence-electron chi connectivity index (χ0n) is 11.2. The van der Waals surface area contributed by atoms with Crippen molar-refractivity contribution in [3.05, 3.63) is 59.7 Å². The van der Waals surface area contributed by atoms with Crippen molar-refractivity contribution >= 4 is 0 Å². The fraction of sp³-hybridized carbons (Fsp3) is 0.125. The minimum Gasteiger partial charge on any atom is -0.392 e. The summed E-state index contributed by atoms with van der Waals surface area (Å²) in [5.74, 6) is 0. The summed E-state index contributed by atoms with van der Waals surface area (Å²) in [5.41, 5.74) is 5.77. The highest BCUT2D eigenvalue weighted by Gasteiger charge is 2.13. The Bertz CT molecular complexity index is 717. The molecule has 0 aliphatic rings. The number of aryl methyl sites for hydroxylation is 1. The number of hydrogen-bond acceptors (Lipinski definition) is 3. The number of aliphatic hydroxyl groups excluding tert-OH is 1. The molecule has 0 aliphatic carbocycles. The molecule has 2 aromatic carbocycles. The van der Waals surface area contributed by atoms with Gasteiger partial charge in [0, 0.05) is 11.1 Å². The first-order chi connectivity index (χ1) is 9.79. The highest BCUT2D eigenvalue weighted by molar-refractivity contribution is 5.79. The van der Waals surface area contributed by atoms with Gasteiger partial charge in [-0.3, -0.25) is 0 Å². The summed E-state index contributed by atoms with van der Waals surface area (Å²) in [7, 11) is 0. The van der Waals surface area contributed by atoms with Gasteiger partial charge in [-0.25, -0.2) is 0 Å². The van der Waals surface area contributed by atoms with E-state index in [0.717, 1.165) is 33.6 Å². The van der Waals surface area contributed by atoms with E-state index in [1.54, 1.807) is 0 Å². The van der Waals surface area contributed by atoms with Crippen molar-refractivity contribution in [2.24, 2.45) is 0 Å². The van der Waals surface area contributed by atoms with Crippen LogP contribution in [0.5, 0.6) is 0 Å². The van der Waals surface area contributed by atoms with Crippen LogP contribution in [0.4, 0.5) is 0 Å². The zero-order chi connectivity index (χ0) is 13.9. The van der Waals surface area contributed by atoms with E-state index in [1.807, 2.05) is 42.5 Å². The number of aromatic nitrogens is 3. The summed E-state index contributed by atoms with van der Waals surface area (Å²) in [6, 6.07) is 15.8. The topological polar surface area (TPSA) is 61.8 Å². The van der Waals surface area contributed by atoms with E-state index in [4.69, 9.17) is 5.11 Å². The number of rotatable bonds is 3. The third-order valence-electron chi connectivity index (χ3n) is 3.36. The largest absolute Gasteiger partial charge is 0.392 e. The van der Waals surface area contributed by atoms with Gasteiger partial charge in [0.25, 0.3) is 0 Å². The van der Waals surface area contributed by atoms with Crippen molar-refractivity contribution in [1.82, 2.24) is 15.4 Å². The highest BCUT2D eigenvalue weighted by Crippen LogP contribution is 2.30. The normalized spacial score (nSPS) is 10.7. The van der Waals surface area contributed by atoms with E-state index in [2.05, 4.69) is 28.4 Å². The molecule has 3 aromatic rings. The Morgan fingerprint density at radius 1 is 0.950 bits per heavy atom. The van der Waals surface area contributed by atoms with E-state index in [9.17, 15) is 0 Å². The quantitative estimate of drug-likeness (QED) is 0.765. The minimum atomic E-state index is 0.0454. The smallest absolute Gasteiger partial charge is 0.121 e. The molecule has 2 N–H and O–H groups in total. The molecular formula is C16H15N3O. The Morgan fingerprint density at radius 3 is 2.35 bits per heavy atom. The first-order valence-electron chi connectivity index (χ1n) is 6.46. The first-order valence-corrected chi connectivity index (χ1v) is 6.46. The van der Waals surface area contributed by atoms with Gasteiger partial charge < -0.3 is 5.11 Å². The molecule has 0 bridgehead atoms. The fourth-order valence-corrected chi connectivity index (χ4v) is 2.23. The maximum absolute atomic E-state index is 9.09. The minimum absolute atomic E-state index is 0.0454. The Hall–Kier alpha value is -2.46. The Morgan fingerprint density at radius 2 is 1.65 bits per heavy atom. The van der Waals surface area contributed by atoms with E-state index < -0.39 is 0 Å². The number of benzene rings is 2. The molecule has 1 heterocycles. The van der Waals surface area contributed by atoms with Gasteiger partial charge in [-0.2, -0.15) is 15.4 Å². The lowest BCUT2D eigenvalue weighted by Crippen LogP contribution is -1.88. The molecule has 1 aromatic heterocycles. The molecule has 0 saturated carbocycles.